The number of hydrogen-bond acceptors (Lipinski definition) is 4. The number of fused-ring (bicyclic) bond motifs is 1. The van der Waals surface area contributed by atoms with Gasteiger partial charge in [-0.2, -0.15) is 0 Å². The Morgan fingerprint density at radius 3 is 2.06 bits per heavy atom. The van der Waals surface area contributed by atoms with E-state index in [0.29, 0.717) is 22.5 Å². The van der Waals surface area contributed by atoms with Gasteiger partial charge in [-0.3, -0.25) is 14.4 Å². The van der Waals surface area contributed by atoms with Gasteiger partial charge in [-0.15, -0.1) is 0 Å². The van der Waals surface area contributed by atoms with Crippen LogP contribution in [-0.4, -0.2) is 30.3 Å². The van der Waals surface area contributed by atoms with E-state index in [0.717, 1.165) is 4.90 Å². The number of hydrogen-bond donors (Lipinski definition) is 3. The van der Waals surface area contributed by atoms with Crippen molar-refractivity contribution in [2.45, 2.75) is 6.42 Å². The fraction of sp³-hybridized carbons (Fsp3) is 0.0833. The van der Waals surface area contributed by atoms with Gasteiger partial charge in [0.2, 0.25) is 5.91 Å². The highest BCUT2D eigenvalue weighted by Gasteiger charge is 2.37. The van der Waals surface area contributed by atoms with Crippen LogP contribution in [0.1, 0.15) is 27.1 Å². The lowest BCUT2D eigenvalue weighted by Crippen LogP contribution is -2.31. The van der Waals surface area contributed by atoms with Crippen molar-refractivity contribution in [1.29, 1.82) is 0 Å². The Morgan fingerprint density at radius 1 is 0.788 bits per heavy atom. The van der Waals surface area contributed by atoms with Crippen LogP contribution in [0, 0.1) is 0 Å². The minimum absolute atomic E-state index is 0.0417. The molecule has 3 aromatic carbocycles. The number of amides is 5. The zero-order chi connectivity index (χ0) is 23.4. The van der Waals surface area contributed by atoms with Crippen LogP contribution in [-0.2, 0) is 4.79 Å². The molecule has 0 aliphatic carbocycles. The van der Waals surface area contributed by atoms with E-state index < -0.39 is 17.8 Å². The van der Waals surface area contributed by atoms with Crippen LogP contribution in [0.2, 0.25) is 5.02 Å². The first-order chi connectivity index (χ1) is 15.9. The van der Waals surface area contributed by atoms with E-state index >= 15 is 0 Å². The van der Waals surface area contributed by atoms with Crippen LogP contribution in [0.25, 0.3) is 0 Å². The molecular weight excluding hydrogens is 444 g/mol. The molecule has 0 unspecified atom stereocenters. The van der Waals surface area contributed by atoms with E-state index in [-0.39, 0.29) is 29.6 Å². The number of halogens is 1. The second-order valence-corrected chi connectivity index (χ2v) is 7.61. The first-order valence-electron chi connectivity index (χ1n) is 10.1. The van der Waals surface area contributed by atoms with Gasteiger partial charge in [0.25, 0.3) is 11.8 Å². The number of nitrogens with one attached hydrogen (secondary N) is 3. The first kappa shape index (κ1) is 22.0. The van der Waals surface area contributed by atoms with E-state index in [2.05, 4.69) is 16.0 Å². The lowest BCUT2D eigenvalue weighted by atomic mass is 10.1. The van der Waals surface area contributed by atoms with Gasteiger partial charge >= 0.3 is 6.03 Å². The molecule has 0 bridgehead atoms. The molecule has 0 saturated carbocycles. The number of nitrogens with zero attached hydrogens (tertiary/aromatic N) is 1. The summed E-state index contributed by atoms with van der Waals surface area (Å²) in [7, 11) is 0. The molecule has 33 heavy (non-hydrogen) atoms. The molecule has 1 aliphatic rings. The second kappa shape index (κ2) is 9.54. The normalized spacial score (nSPS) is 12.3. The second-order valence-electron chi connectivity index (χ2n) is 7.20. The molecule has 1 heterocycles. The van der Waals surface area contributed by atoms with Crippen LogP contribution in [0.4, 0.5) is 21.9 Å². The summed E-state index contributed by atoms with van der Waals surface area (Å²) >= 11 is 6.33. The Balaban J connectivity index is 1.32. The van der Waals surface area contributed by atoms with Gasteiger partial charge < -0.3 is 16.0 Å². The summed E-state index contributed by atoms with van der Waals surface area (Å²) in [6.45, 7) is 0.130. The molecule has 3 aromatic rings. The fourth-order valence-electron chi connectivity index (χ4n) is 3.38. The predicted molar refractivity (Wildman–Crippen MR) is 126 cm³/mol. The molecule has 8 nitrogen and oxygen atoms in total. The van der Waals surface area contributed by atoms with Gasteiger partial charge in [-0.05, 0) is 42.5 Å². The first-order valence-corrected chi connectivity index (χ1v) is 10.5. The smallest absolute Gasteiger partial charge is 0.319 e. The van der Waals surface area contributed by atoms with Crippen molar-refractivity contribution >= 4 is 52.4 Å². The number of carbonyl (C=O) groups is 4. The maximum absolute atomic E-state index is 12.6. The third-order valence-corrected chi connectivity index (χ3v) is 5.24. The van der Waals surface area contributed by atoms with E-state index in [1.165, 1.54) is 12.1 Å². The molecule has 1 aliphatic heterocycles. The van der Waals surface area contributed by atoms with E-state index in [1.54, 1.807) is 54.6 Å². The molecule has 3 N–H and O–H groups in total. The molecule has 4 rings (SSSR count). The summed E-state index contributed by atoms with van der Waals surface area (Å²) < 4.78 is 0. The molecule has 0 spiro atoms. The Bertz CT molecular complexity index is 1210. The minimum Gasteiger partial charge on any atom is -0.337 e. The van der Waals surface area contributed by atoms with Crippen LogP contribution in [0.15, 0.2) is 72.8 Å². The number of benzene rings is 3. The molecule has 0 aromatic heterocycles. The van der Waals surface area contributed by atoms with Gasteiger partial charge in [0, 0.05) is 24.3 Å². The highest BCUT2D eigenvalue weighted by atomic mass is 35.5. The molecule has 0 saturated heterocycles. The average molecular weight is 463 g/mol. The number of anilines is 3. The topological polar surface area (TPSA) is 108 Å². The SMILES string of the molecule is O=C(CCNC(=O)Nc1ccccc1)Nc1ccc(N2C(=O)c3ccccc3C2=O)c(Cl)c1. The van der Waals surface area contributed by atoms with Gasteiger partial charge in [-0.25, -0.2) is 9.69 Å². The Kier molecular flexibility index (Phi) is 6.37. The summed E-state index contributed by atoms with van der Waals surface area (Å²) in [5, 5.41) is 8.09. The lowest BCUT2D eigenvalue weighted by Gasteiger charge is -2.16. The monoisotopic (exact) mass is 462 g/mol. The van der Waals surface area contributed by atoms with Gasteiger partial charge in [-0.1, -0.05) is 41.9 Å². The summed E-state index contributed by atoms with van der Waals surface area (Å²) in [6, 6.07) is 19.6. The molecule has 166 valence electrons. The zero-order valence-electron chi connectivity index (χ0n) is 17.3. The van der Waals surface area contributed by atoms with Crippen molar-refractivity contribution in [3.8, 4) is 0 Å². The van der Waals surface area contributed by atoms with Crippen molar-refractivity contribution < 1.29 is 19.2 Å². The van der Waals surface area contributed by atoms with Crippen molar-refractivity contribution in [3.05, 3.63) is 88.9 Å². The zero-order valence-corrected chi connectivity index (χ0v) is 18.1. The third-order valence-electron chi connectivity index (χ3n) is 4.94. The van der Waals surface area contributed by atoms with Crippen LogP contribution >= 0.6 is 11.6 Å². The maximum Gasteiger partial charge on any atom is 0.319 e. The Labute approximate surface area is 194 Å². The van der Waals surface area contributed by atoms with E-state index in [1.807, 2.05) is 6.07 Å². The highest BCUT2D eigenvalue weighted by molar-refractivity contribution is 6.40. The highest BCUT2D eigenvalue weighted by Crippen LogP contribution is 2.34. The number of imide groups is 1. The van der Waals surface area contributed by atoms with Crippen LogP contribution < -0.4 is 20.9 Å². The van der Waals surface area contributed by atoms with Crippen LogP contribution in [0.5, 0.6) is 0 Å². The fourth-order valence-corrected chi connectivity index (χ4v) is 3.65. The summed E-state index contributed by atoms with van der Waals surface area (Å²) in [5.41, 5.74) is 1.92. The number of para-hydroxylation sites is 1. The maximum atomic E-state index is 12.6. The van der Waals surface area contributed by atoms with Gasteiger partial charge in [0.05, 0.1) is 21.8 Å². The van der Waals surface area contributed by atoms with Gasteiger partial charge in [0.15, 0.2) is 0 Å². The summed E-state index contributed by atoms with van der Waals surface area (Å²) in [5.74, 6) is -1.23. The third kappa shape index (κ3) is 4.86. The van der Waals surface area contributed by atoms with Crippen molar-refractivity contribution in [2.75, 3.05) is 22.1 Å². The van der Waals surface area contributed by atoms with E-state index in [4.69, 9.17) is 11.6 Å². The Hall–Kier alpha value is -4.17. The number of rotatable bonds is 6. The predicted octanol–water partition coefficient (Wildman–Crippen LogP) is 4.29. The molecule has 0 radical (unpaired) electrons. The van der Waals surface area contributed by atoms with Crippen molar-refractivity contribution in [2.24, 2.45) is 0 Å². The Morgan fingerprint density at radius 2 is 1.42 bits per heavy atom. The van der Waals surface area contributed by atoms with E-state index in [9.17, 15) is 19.2 Å². The summed E-state index contributed by atoms with van der Waals surface area (Å²) in [4.78, 5) is 50.4. The summed E-state index contributed by atoms with van der Waals surface area (Å²) in [6.07, 6.45) is 0.0417. The standard InChI is InChI=1S/C24H19ClN4O4/c25-19-14-16(27-21(30)12-13-26-24(33)28-15-6-2-1-3-7-15)10-11-20(19)29-22(31)17-8-4-5-9-18(17)23(29)32/h1-11,14H,12-13H2,(H,27,30)(H2,26,28,33). The molecule has 9 heteroatoms. The van der Waals surface area contributed by atoms with Crippen molar-refractivity contribution in [1.82, 2.24) is 5.32 Å². The van der Waals surface area contributed by atoms with Crippen molar-refractivity contribution in [3.63, 3.8) is 0 Å². The molecular formula is C24H19ClN4O4. The minimum atomic E-state index is -0.450. The molecule has 5 amide bonds. The largest absolute Gasteiger partial charge is 0.337 e. The average Bonchev–Trinajstić information content (AvgIpc) is 3.05. The molecule has 0 fully saturated rings. The quantitative estimate of drug-likeness (QED) is 0.475. The number of carbonyl (C=O) groups excluding carboxylic acids is 4. The number of urea groups is 1. The molecule has 0 atom stereocenters. The van der Waals surface area contributed by atoms with Crippen LogP contribution in [0.3, 0.4) is 0 Å². The lowest BCUT2D eigenvalue weighted by molar-refractivity contribution is -0.116. The van der Waals surface area contributed by atoms with Gasteiger partial charge in [0.1, 0.15) is 0 Å².